The molecular weight excluding hydrogens is 202 g/mol. The van der Waals surface area contributed by atoms with E-state index < -0.39 is 16.8 Å². The van der Waals surface area contributed by atoms with Gasteiger partial charge in [0.15, 0.2) is 16.8 Å². The Bertz CT molecular complexity index is 113. The molecule has 0 aromatic carbocycles. The molecule has 0 aromatic rings. The van der Waals surface area contributed by atoms with Crippen molar-refractivity contribution in [3.63, 3.8) is 0 Å². The second-order valence-electron chi connectivity index (χ2n) is 3.62. The first kappa shape index (κ1) is 11.7. The average molecular weight is 218 g/mol. The van der Waals surface area contributed by atoms with Crippen molar-refractivity contribution >= 4 is 37.6 Å². The maximum atomic E-state index is 3.59. The SMILES string of the molecule is C[Si](C)(N[Si])N[Si](C)(C)N[Si]. The van der Waals surface area contributed by atoms with Crippen molar-refractivity contribution in [2.45, 2.75) is 26.2 Å². The zero-order valence-electron chi connectivity index (χ0n) is 7.50. The predicted octanol–water partition coefficient (Wildman–Crippen LogP) is -0.674. The van der Waals surface area contributed by atoms with Crippen LogP contribution in [0.5, 0.6) is 0 Å². The van der Waals surface area contributed by atoms with Crippen LogP contribution in [0.4, 0.5) is 0 Å². The highest BCUT2D eigenvalue weighted by Gasteiger charge is 2.28. The van der Waals surface area contributed by atoms with E-state index in [1.807, 2.05) is 0 Å². The number of hydrogen-bond donors (Lipinski definition) is 3. The second-order valence-corrected chi connectivity index (χ2v) is 13.1. The molecule has 11 heavy (non-hydrogen) atoms. The fourth-order valence-electron chi connectivity index (χ4n) is 0.844. The van der Waals surface area contributed by atoms with Gasteiger partial charge < -0.3 is 13.9 Å². The van der Waals surface area contributed by atoms with Crippen molar-refractivity contribution < 1.29 is 0 Å². The molecule has 0 atom stereocenters. The minimum absolute atomic E-state index is 1.45. The summed E-state index contributed by atoms with van der Waals surface area (Å²) in [6, 6.07) is 0. The lowest BCUT2D eigenvalue weighted by Gasteiger charge is -2.33. The van der Waals surface area contributed by atoms with Gasteiger partial charge in [0.1, 0.15) is 20.8 Å². The van der Waals surface area contributed by atoms with Crippen molar-refractivity contribution in [3.8, 4) is 0 Å². The molecule has 6 radical (unpaired) electrons. The summed E-state index contributed by atoms with van der Waals surface area (Å²) < 4.78 is 9.87. The molecule has 7 heteroatoms. The van der Waals surface area contributed by atoms with Crippen LogP contribution >= 0.6 is 0 Å². The summed E-state index contributed by atoms with van der Waals surface area (Å²) >= 11 is 0. The molecule has 0 rings (SSSR count). The lowest BCUT2D eigenvalue weighted by Crippen LogP contribution is -2.70. The van der Waals surface area contributed by atoms with Gasteiger partial charge in [-0.25, -0.2) is 0 Å². The van der Waals surface area contributed by atoms with Crippen molar-refractivity contribution in [1.82, 2.24) is 13.9 Å². The van der Waals surface area contributed by atoms with Crippen LogP contribution in [0.1, 0.15) is 0 Å². The van der Waals surface area contributed by atoms with E-state index in [1.165, 1.54) is 0 Å². The van der Waals surface area contributed by atoms with Gasteiger partial charge in [0.25, 0.3) is 0 Å². The Morgan fingerprint density at radius 2 is 1.09 bits per heavy atom. The van der Waals surface area contributed by atoms with Crippen molar-refractivity contribution in [2.24, 2.45) is 0 Å². The Morgan fingerprint density at radius 3 is 1.27 bits per heavy atom. The van der Waals surface area contributed by atoms with Gasteiger partial charge in [0.05, 0.1) is 0 Å². The molecule has 0 aliphatic carbocycles. The summed E-state index contributed by atoms with van der Waals surface area (Å²) in [6.45, 7) is 8.83. The first-order chi connectivity index (χ1) is 4.83. The fourth-order valence-corrected chi connectivity index (χ4v) is 8.72. The molecule has 0 fully saturated rings. The van der Waals surface area contributed by atoms with Gasteiger partial charge in [-0.2, -0.15) is 0 Å². The minimum Gasteiger partial charge on any atom is -0.351 e. The molecule has 0 heterocycles. The van der Waals surface area contributed by atoms with Gasteiger partial charge >= 0.3 is 0 Å². The smallest absolute Gasteiger partial charge is 0.182 e. The molecule has 62 valence electrons. The third kappa shape index (κ3) is 5.06. The van der Waals surface area contributed by atoms with Crippen molar-refractivity contribution in [3.05, 3.63) is 0 Å². The summed E-state index contributed by atoms with van der Waals surface area (Å²) in [5.41, 5.74) is 0. The van der Waals surface area contributed by atoms with Gasteiger partial charge in [0.2, 0.25) is 0 Å². The largest absolute Gasteiger partial charge is 0.351 e. The van der Waals surface area contributed by atoms with E-state index in [4.69, 9.17) is 0 Å². The van der Waals surface area contributed by atoms with Crippen LogP contribution in [0.25, 0.3) is 0 Å². The highest BCUT2D eigenvalue weighted by Crippen LogP contribution is 1.97. The molecule has 0 aliphatic rings. The zero-order valence-corrected chi connectivity index (χ0v) is 11.5. The Balaban J connectivity index is 4.02. The molecule has 0 bridgehead atoms. The number of rotatable bonds is 4. The van der Waals surface area contributed by atoms with E-state index in [-0.39, 0.29) is 0 Å². The van der Waals surface area contributed by atoms with Gasteiger partial charge in [-0.1, -0.05) is 0 Å². The number of nitrogens with one attached hydrogen (secondary N) is 3. The maximum absolute atomic E-state index is 3.59. The van der Waals surface area contributed by atoms with Crippen molar-refractivity contribution in [2.75, 3.05) is 0 Å². The first-order valence-corrected chi connectivity index (χ1v) is 10.5. The van der Waals surface area contributed by atoms with Gasteiger partial charge in [-0.05, 0) is 26.2 Å². The quantitative estimate of drug-likeness (QED) is 0.547. The van der Waals surface area contributed by atoms with Crippen LogP contribution in [0.3, 0.4) is 0 Å². The van der Waals surface area contributed by atoms with E-state index in [1.54, 1.807) is 0 Å². The molecule has 0 aliphatic heterocycles. The highest BCUT2D eigenvalue weighted by molar-refractivity contribution is 6.91. The van der Waals surface area contributed by atoms with E-state index >= 15 is 0 Å². The predicted molar refractivity (Wildman–Crippen MR) is 55.9 cm³/mol. The number of hydrogen-bond acceptors (Lipinski definition) is 3. The van der Waals surface area contributed by atoms with Crippen molar-refractivity contribution in [1.29, 1.82) is 0 Å². The van der Waals surface area contributed by atoms with Gasteiger partial charge in [0, 0.05) is 0 Å². The van der Waals surface area contributed by atoms with Crippen LogP contribution in [0.2, 0.25) is 26.2 Å². The Morgan fingerprint density at radius 1 is 0.818 bits per heavy atom. The molecule has 3 N–H and O–H groups in total. The average Bonchev–Trinajstić information content (AvgIpc) is 1.86. The Hall–Kier alpha value is 0.748. The fraction of sp³-hybridized carbons (Fsp3) is 1.00. The first-order valence-electron chi connectivity index (χ1n) is 3.50. The summed E-state index contributed by atoms with van der Waals surface area (Å²) in [5.74, 6) is 0. The molecule has 0 unspecified atom stereocenters. The summed E-state index contributed by atoms with van der Waals surface area (Å²) in [7, 11) is 3.75. The lowest BCUT2D eigenvalue weighted by atomic mass is 11.9. The van der Waals surface area contributed by atoms with E-state index in [0.29, 0.717) is 0 Å². The second kappa shape index (κ2) is 4.12. The third-order valence-electron chi connectivity index (χ3n) is 1.25. The highest BCUT2D eigenvalue weighted by atomic mass is 28.4. The Labute approximate surface area is 78.1 Å². The van der Waals surface area contributed by atoms with Crippen LogP contribution in [-0.4, -0.2) is 37.6 Å². The molecule has 0 saturated heterocycles. The summed E-state index contributed by atoms with van der Waals surface area (Å²) in [5, 5.41) is 0. The summed E-state index contributed by atoms with van der Waals surface area (Å²) in [6.07, 6.45) is 0. The zero-order chi connectivity index (χ0) is 9.12. The van der Waals surface area contributed by atoms with Gasteiger partial charge in [-0.3, -0.25) is 0 Å². The molecular formula is C4H15N3Si4. The lowest BCUT2D eigenvalue weighted by molar-refractivity contribution is 1.17. The van der Waals surface area contributed by atoms with Crippen LogP contribution < -0.4 is 13.9 Å². The van der Waals surface area contributed by atoms with E-state index in [9.17, 15) is 0 Å². The van der Waals surface area contributed by atoms with Crippen LogP contribution in [0, 0.1) is 0 Å². The molecule has 0 spiro atoms. The topological polar surface area (TPSA) is 36.1 Å². The minimum atomic E-state index is -1.45. The monoisotopic (exact) mass is 217 g/mol. The molecule has 0 amide bonds. The van der Waals surface area contributed by atoms with Crippen LogP contribution in [-0.2, 0) is 0 Å². The van der Waals surface area contributed by atoms with E-state index in [0.717, 1.165) is 0 Å². The van der Waals surface area contributed by atoms with E-state index in [2.05, 4.69) is 60.9 Å². The summed E-state index contributed by atoms with van der Waals surface area (Å²) in [4.78, 5) is 0. The standard InChI is InChI=1S/C4H15N3Si4/c1-10(2,5-8)7-11(3,4)6-9/h5-7H,1-4H3. The van der Waals surface area contributed by atoms with Gasteiger partial charge in [-0.15, -0.1) is 0 Å². The molecule has 0 saturated carbocycles. The Kier molecular flexibility index (Phi) is 4.40. The third-order valence-corrected chi connectivity index (χ3v) is 11.2. The molecule has 0 aromatic heterocycles. The normalized spacial score (nSPS) is 13.6. The maximum Gasteiger partial charge on any atom is 0.182 e. The van der Waals surface area contributed by atoms with Crippen LogP contribution in [0.15, 0.2) is 0 Å². The molecule has 3 nitrogen and oxygen atoms in total.